The molecule has 1 amide bonds. The van der Waals surface area contributed by atoms with E-state index in [0.29, 0.717) is 12.5 Å². The standard InChI is InChI=1S/C16H20Cl3N3O3/c1-8(15(23)21-7-9-5-3-2-4-6-9)25-16(24)13-10(17)12(20)11(18)14(19)22-13/h8-9H,2-7H2,1H3,(H2,20,22)(H,21,23)/t8-/m0/s1. The van der Waals surface area contributed by atoms with Crippen LogP contribution in [-0.4, -0.2) is 29.5 Å². The van der Waals surface area contributed by atoms with Crippen molar-refractivity contribution in [3.63, 3.8) is 0 Å². The minimum atomic E-state index is -0.996. The second kappa shape index (κ2) is 8.92. The van der Waals surface area contributed by atoms with Crippen LogP contribution in [-0.2, 0) is 9.53 Å². The van der Waals surface area contributed by atoms with Gasteiger partial charge in [0, 0.05) is 6.54 Å². The van der Waals surface area contributed by atoms with Crippen LogP contribution in [0.2, 0.25) is 15.2 Å². The average molecular weight is 409 g/mol. The largest absolute Gasteiger partial charge is 0.448 e. The van der Waals surface area contributed by atoms with Gasteiger partial charge in [-0.3, -0.25) is 4.79 Å². The number of carbonyl (C=O) groups is 2. The van der Waals surface area contributed by atoms with Gasteiger partial charge in [-0.2, -0.15) is 0 Å². The molecule has 1 heterocycles. The summed E-state index contributed by atoms with van der Waals surface area (Å²) in [6.45, 7) is 2.06. The lowest BCUT2D eigenvalue weighted by molar-refractivity contribution is -0.129. The van der Waals surface area contributed by atoms with Crippen molar-refractivity contribution in [1.82, 2.24) is 10.3 Å². The number of carbonyl (C=O) groups excluding carboxylic acids is 2. The number of anilines is 1. The van der Waals surface area contributed by atoms with Gasteiger partial charge >= 0.3 is 5.97 Å². The minimum Gasteiger partial charge on any atom is -0.448 e. The number of halogens is 3. The molecule has 6 nitrogen and oxygen atoms in total. The van der Waals surface area contributed by atoms with Crippen LogP contribution in [0.1, 0.15) is 49.5 Å². The second-order valence-corrected chi connectivity index (χ2v) is 7.20. The predicted octanol–water partition coefficient (Wildman–Crippen LogP) is 3.87. The van der Waals surface area contributed by atoms with Crippen LogP contribution in [0.5, 0.6) is 0 Å². The zero-order chi connectivity index (χ0) is 18.6. The van der Waals surface area contributed by atoms with Crippen LogP contribution < -0.4 is 11.1 Å². The SMILES string of the molecule is C[C@H](OC(=O)c1nc(Cl)c(Cl)c(N)c1Cl)C(=O)NCC1CCCCC1. The highest BCUT2D eigenvalue weighted by Gasteiger charge is 2.25. The van der Waals surface area contributed by atoms with Gasteiger partial charge < -0.3 is 15.8 Å². The topological polar surface area (TPSA) is 94.3 Å². The van der Waals surface area contributed by atoms with Gasteiger partial charge in [-0.05, 0) is 25.7 Å². The Kier molecular flexibility index (Phi) is 7.16. The monoisotopic (exact) mass is 407 g/mol. The fourth-order valence-corrected chi connectivity index (χ4v) is 3.30. The lowest BCUT2D eigenvalue weighted by Gasteiger charge is -2.22. The maximum Gasteiger partial charge on any atom is 0.359 e. The summed E-state index contributed by atoms with van der Waals surface area (Å²) in [5, 5.41) is 2.45. The minimum absolute atomic E-state index is 0.0403. The molecule has 0 aromatic carbocycles. The lowest BCUT2D eigenvalue weighted by atomic mass is 9.89. The number of amides is 1. The summed E-state index contributed by atoms with van der Waals surface area (Å²) >= 11 is 17.6. The first-order valence-electron chi connectivity index (χ1n) is 8.10. The molecule has 1 aromatic heterocycles. The molecule has 0 unspecified atom stereocenters. The van der Waals surface area contributed by atoms with Gasteiger partial charge in [-0.25, -0.2) is 9.78 Å². The number of nitrogens with one attached hydrogen (secondary N) is 1. The summed E-state index contributed by atoms with van der Waals surface area (Å²) in [4.78, 5) is 28.1. The van der Waals surface area contributed by atoms with Crippen molar-refractivity contribution in [2.45, 2.75) is 45.1 Å². The number of nitrogens with two attached hydrogens (primary N) is 1. The summed E-state index contributed by atoms with van der Waals surface area (Å²) in [6, 6.07) is 0. The van der Waals surface area contributed by atoms with E-state index in [0.717, 1.165) is 12.8 Å². The summed E-state index contributed by atoms with van der Waals surface area (Å²) in [6.07, 6.45) is 4.85. The molecule has 0 radical (unpaired) electrons. The van der Waals surface area contributed by atoms with Gasteiger partial charge in [0.25, 0.3) is 5.91 Å². The van der Waals surface area contributed by atoms with E-state index in [9.17, 15) is 9.59 Å². The lowest BCUT2D eigenvalue weighted by Crippen LogP contribution is -2.38. The van der Waals surface area contributed by atoms with Crippen LogP contribution >= 0.6 is 34.8 Å². The molecular weight excluding hydrogens is 389 g/mol. The molecule has 1 atom stereocenters. The number of ether oxygens (including phenoxy) is 1. The van der Waals surface area contributed by atoms with E-state index in [2.05, 4.69) is 10.3 Å². The molecule has 0 spiro atoms. The highest BCUT2D eigenvalue weighted by Crippen LogP contribution is 2.34. The zero-order valence-corrected chi connectivity index (χ0v) is 16.0. The molecule has 138 valence electrons. The Morgan fingerprint density at radius 3 is 2.52 bits per heavy atom. The van der Waals surface area contributed by atoms with Crippen molar-refractivity contribution in [2.24, 2.45) is 5.92 Å². The van der Waals surface area contributed by atoms with Gasteiger partial charge in [-0.15, -0.1) is 0 Å². The Bertz CT molecular complexity index is 664. The summed E-state index contributed by atoms with van der Waals surface area (Å²) < 4.78 is 5.11. The Balaban J connectivity index is 1.94. The first-order valence-corrected chi connectivity index (χ1v) is 9.23. The number of esters is 1. The Labute approximate surface area is 161 Å². The Morgan fingerprint density at radius 2 is 1.88 bits per heavy atom. The normalized spacial score (nSPS) is 16.3. The summed E-state index contributed by atoms with van der Waals surface area (Å²) in [5.41, 5.74) is 5.32. The molecule has 0 saturated heterocycles. The quantitative estimate of drug-likeness (QED) is 0.570. The highest BCUT2D eigenvalue weighted by atomic mass is 35.5. The number of rotatable bonds is 5. The second-order valence-electron chi connectivity index (χ2n) is 6.09. The Hall–Kier alpha value is -1.24. The van der Waals surface area contributed by atoms with Crippen LogP contribution in [0.3, 0.4) is 0 Å². The third-order valence-electron chi connectivity index (χ3n) is 4.21. The van der Waals surface area contributed by atoms with Crippen LogP contribution in [0.15, 0.2) is 0 Å². The van der Waals surface area contributed by atoms with E-state index in [1.807, 2.05) is 0 Å². The van der Waals surface area contributed by atoms with E-state index in [-0.39, 0.29) is 32.5 Å². The predicted molar refractivity (Wildman–Crippen MR) is 98.1 cm³/mol. The molecule has 0 aliphatic heterocycles. The first-order chi connectivity index (χ1) is 11.8. The molecule has 2 rings (SSSR count). The first kappa shape index (κ1) is 20.1. The summed E-state index contributed by atoms with van der Waals surface area (Å²) in [5.74, 6) is -0.787. The molecule has 1 fully saturated rings. The number of nitrogen functional groups attached to an aromatic ring is 1. The van der Waals surface area contributed by atoms with E-state index < -0.39 is 12.1 Å². The van der Waals surface area contributed by atoms with Crippen molar-refractivity contribution < 1.29 is 14.3 Å². The third-order valence-corrected chi connectivity index (χ3v) is 5.34. The van der Waals surface area contributed by atoms with Crippen molar-refractivity contribution in [2.75, 3.05) is 12.3 Å². The number of hydrogen-bond acceptors (Lipinski definition) is 5. The molecule has 1 saturated carbocycles. The fourth-order valence-electron chi connectivity index (χ4n) is 2.72. The molecule has 3 N–H and O–H groups in total. The van der Waals surface area contributed by atoms with Gasteiger partial charge in [0.2, 0.25) is 0 Å². The van der Waals surface area contributed by atoms with Crippen molar-refractivity contribution >= 4 is 52.4 Å². The van der Waals surface area contributed by atoms with E-state index in [1.54, 1.807) is 0 Å². The number of nitrogens with zero attached hydrogens (tertiary/aromatic N) is 1. The van der Waals surface area contributed by atoms with E-state index >= 15 is 0 Å². The molecule has 1 aliphatic rings. The zero-order valence-electron chi connectivity index (χ0n) is 13.8. The van der Waals surface area contributed by atoms with Crippen LogP contribution in [0, 0.1) is 5.92 Å². The van der Waals surface area contributed by atoms with Crippen LogP contribution in [0.25, 0.3) is 0 Å². The van der Waals surface area contributed by atoms with Gasteiger partial charge in [-0.1, -0.05) is 54.1 Å². The maximum atomic E-state index is 12.2. The fraction of sp³-hybridized carbons (Fsp3) is 0.562. The van der Waals surface area contributed by atoms with Gasteiger partial charge in [0.1, 0.15) is 5.02 Å². The van der Waals surface area contributed by atoms with Crippen LogP contribution in [0.4, 0.5) is 5.69 Å². The molecule has 0 bridgehead atoms. The maximum absolute atomic E-state index is 12.2. The molecule has 1 aromatic rings. The third kappa shape index (κ3) is 5.12. The van der Waals surface area contributed by atoms with Crippen molar-refractivity contribution in [3.05, 3.63) is 20.9 Å². The number of hydrogen-bond donors (Lipinski definition) is 2. The average Bonchev–Trinajstić information content (AvgIpc) is 2.61. The van der Waals surface area contributed by atoms with E-state index in [1.165, 1.54) is 26.2 Å². The number of pyridine rings is 1. The van der Waals surface area contributed by atoms with Gasteiger partial charge in [0.15, 0.2) is 17.0 Å². The number of aromatic nitrogens is 1. The van der Waals surface area contributed by atoms with Crippen molar-refractivity contribution in [3.8, 4) is 0 Å². The molecular formula is C16H20Cl3N3O3. The summed E-state index contributed by atoms with van der Waals surface area (Å²) in [7, 11) is 0. The molecule has 25 heavy (non-hydrogen) atoms. The van der Waals surface area contributed by atoms with E-state index in [4.69, 9.17) is 45.3 Å². The highest BCUT2D eigenvalue weighted by molar-refractivity contribution is 6.46. The molecule has 9 heteroatoms. The van der Waals surface area contributed by atoms with Gasteiger partial charge in [0.05, 0.1) is 10.7 Å². The Morgan fingerprint density at radius 1 is 1.24 bits per heavy atom. The van der Waals surface area contributed by atoms with Crippen molar-refractivity contribution in [1.29, 1.82) is 0 Å². The smallest absolute Gasteiger partial charge is 0.359 e. The molecule has 1 aliphatic carbocycles.